The summed E-state index contributed by atoms with van der Waals surface area (Å²) in [6.07, 6.45) is 7.02. The highest BCUT2D eigenvalue weighted by molar-refractivity contribution is 6.02. The van der Waals surface area contributed by atoms with Gasteiger partial charge in [-0.15, -0.1) is 0 Å². The number of rotatable bonds is 3. The Morgan fingerprint density at radius 1 is 0.964 bits per heavy atom. The van der Waals surface area contributed by atoms with Gasteiger partial charge in [0.25, 0.3) is 0 Å². The smallest absolute Gasteiger partial charge is 0.150 e. The first-order valence-corrected chi connectivity index (χ1v) is 9.30. The number of hydrogen-bond acceptors (Lipinski definition) is 5. The SMILES string of the molecule is Fc1ccccc1-c1cn(-c2cccnc2)c2ncnc(N3CCNCC3)c12. The van der Waals surface area contributed by atoms with Gasteiger partial charge in [0.15, 0.2) is 5.65 Å². The number of halogens is 1. The molecule has 1 aromatic carbocycles. The molecule has 4 aromatic rings. The van der Waals surface area contributed by atoms with Crippen LogP contribution in [0.3, 0.4) is 0 Å². The van der Waals surface area contributed by atoms with Crippen LogP contribution in [0.25, 0.3) is 27.8 Å². The predicted molar refractivity (Wildman–Crippen MR) is 107 cm³/mol. The highest BCUT2D eigenvalue weighted by Gasteiger charge is 2.23. The zero-order valence-electron chi connectivity index (χ0n) is 15.2. The maximum absolute atomic E-state index is 14.7. The van der Waals surface area contributed by atoms with Crippen molar-refractivity contribution in [3.63, 3.8) is 0 Å². The quantitative estimate of drug-likeness (QED) is 0.597. The Morgan fingerprint density at radius 3 is 2.61 bits per heavy atom. The summed E-state index contributed by atoms with van der Waals surface area (Å²) >= 11 is 0. The molecule has 3 aromatic heterocycles. The van der Waals surface area contributed by atoms with Gasteiger partial charge in [0, 0.05) is 49.7 Å². The van der Waals surface area contributed by atoms with E-state index in [4.69, 9.17) is 0 Å². The van der Waals surface area contributed by atoms with Gasteiger partial charge < -0.3 is 10.2 Å². The molecule has 0 aliphatic carbocycles. The lowest BCUT2D eigenvalue weighted by Crippen LogP contribution is -2.44. The number of nitrogens with zero attached hydrogens (tertiary/aromatic N) is 5. The number of nitrogens with one attached hydrogen (secondary N) is 1. The van der Waals surface area contributed by atoms with Crippen molar-refractivity contribution in [2.45, 2.75) is 0 Å². The fraction of sp³-hybridized carbons (Fsp3) is 0.190. The Labute approximate surface area is 161 Å². The van der Waals surface area contributed by atoms with Crippen LogP contribution in [0.4, 0.5) is 10.2 Å². The van der Waals surface area contributed by atoms with E-state index < -0.39 is 0 Å². The standard InChI is InChI=1S/C21H19FN6/c22-18-6-2-1-5-16(18)17-13-28(15-4-3-7-24-12-15)21-19(17)20(25-14-26-21)27-10-8-23-9-11-27/h1-7,12-14,23H,8-11H2. The lowest BCUT2D eigenvalue weighted by Gasteiger charge is -2.29. The van der Waals surface area contributed by atoms with E-state index in [1.54, 1.807) is 30.9 Å². The Kier molecular flexibility index (Phi) is 4.21. The number of aromatic nitrogens is 4. The molecule has 140 valence electrons. The highest BCUT2D eigenvalue weighted by atomic mass is 19.1. The molecule has 0 amide bonds. The summed E-state index contributed by atoms with van der Waals surface area (Å²) in [5, 5.41) is 4.22. The van der Waals surface area contributed by atoms with Crippen molar-refractivity contribution in [1.29, 1.82) is 0 Å². The van der Waals surface area contributed by atoms with Gasteiger partial charge in [0.1, 0.15) is 18.0 Å². The summed E-state index contributed by atoms with van der Waals surface area (Å²) in [5.41, 5.74) is 2.95. The molecule has 1 aliphatic rings. The predicted octanol–water partition coefficient (Wildman–Crippen LogP) is 3.03. The van der Waals surface area contributed by atoms with Crippen LogP contribution in [0.5, 0.6) is 0 Å². The average Bonchev–Trinajstić information content (AvgIpc) is 3.15. The number of pyridine rings is 1. The summed E-state index contributed by atoms with van der Waals surface area (Å²) in [6.45, 7) is 3.48. The first-order valence-electron chi connectivity index (χ1n) is 9.30. The van der Waals surface area contributed by atoms with E-state index in [0.717, 1.165) is 54.3 Å². The monoisotopic (exact) mass is 374 g/mol. The molecule has 1 saturated heterocycles. The third-order valence-corrected chi connectivity index (χ3v) is 5.07. The fourth-order valence-corrected chi connectivity index (χ4v) is 3.74. The molecule has 7 heteroatoms. The van der Waals surface area contributed by atoms with Gasteiger partial charge in [-0.2, -0.15) is 0 Å². The Bertz CT molecular complexity index is 1120. The number of piperazine rings is 1. The van der Waals surface area contributed by atoms with E-state index in [9.17, 15) is 4.39 Å². The van der Waals surface area contributed by atoms with Crippen molar-refractivity contribution in [3.8, 4) is 16.8 Å². The van der Waals surface area contributed by atoms with Crippen LogP contribution in [-0.4, -0.2) is 45.7 Å². The summed E-state index contributed by atoms with van der Waals surface area (Å²) in [6, 6.07) is 10.7. The van der Waals surface area contributed by atoms with Crippen molar-refractivity contribution >= 4 is 16.9 Å². The van der Waals surface area contributed by atoms with Gasteiger partial charge in [0.2, 0.25) is 0 Å². The van der Waals surface area contributed by atoms with Gasteiger partial charge in [0.05, 0.1) is 17.3 Å². The van der Waals surface area contributed by atoms with Crippen LogP contribution in [0.2, 0.25) is 0 Å². The highest BCUT2D eigenvalue weighted by Crippen LogP contribution is 2.37. The second-order valence-corrected chi connectivity index (χ2v) is 6.74. The maximum atomic E-state index is 14.7. The second kappa shape index (κ2) is 7.01. The fourth-order valence-electron chi connectivity index (χ4n) is 3.74. The third kappa shape index (κ3) is 2.80. The van der Waals surface area contributed by atoms with E-state index in [1.807, 2.05) is 29.0 Å². The zero-order chi connectivity index (χ0) is 18.9. The first kappa shape index (κ1) is 16.8. The van der Waals surface area contributed by atoms with Crippen LogP contribution in [0.1, 0.15) is 0 Å². The molecule has 5 rings (SSSR count). The Balaban J connectivity index is 1.81. The summed E-state index contributed by atoms with van der Waals surface area (Å²) in [7, 11) is 0. The molecule has 4 heterocycles. The molecule has 0 saturated carbocycles. The first-order chi connectivity index (χ1) is 13.8. The molecular formula is C21H19FN6. The molecule has 0 spiro atoms. The number of benzene rings is 1. The molecule has 28 heavy (non-hydrogen) atoms. The summed E-state index contributed by atoms with van der Waals surface area (Å²) in [5.74, 6) is 0.579. The van der Waals surface area contributed by atoms with Gasteiger partial charge in [-0.05, 0) is 18.2 Å². The second-order valence-electron chi connectivity index (χ2n) is 6.74. The molecule has 1 aliphatic heterocycles. The number of fused-ring (bicyclic) bond motifs is 1. The Morgan fingerprint density at radius 2 is 1.82 bits per heavy atom. The minimum atomic E-state index is -0.261. The van der Waals surface area contributed by atoms with Crippen molar-refractivity contribution < 1.29 is 4.39 Å². The van der Waals surface area contributed by atoms with Gasteiger partial charge >= 0.3 is 0 Å². The summed E-state index contributed by atoms with van der Waals surface area (Å²) in [4.78, 5) is 15.6. The van der Waals surface area contributed by atoms with Crippen LogP contribution in [0, 0.1) is 5.82 Å². The van der Waals surface area contributed by atoms with E-state index in [-0.39, 0.29) is 5.82 Å². The van der Waals surface area contributed by atoms with E-state index in [0.29, 0.717) is 5.56 Å². The molecule has 1 N–H and O–H groups in total. The molecule has 6 nitrogen and oxygen atoms in total. The van der Waals surface area contributed by atoms with E-state index >= 15 is 0 Å². The normalized spacial score (nSPS) is 14.5. The van der Waals surface area contributed by atoms with Crippen molar-refractivity contribution in [2.24, 2.45) is 0 Å². The topological polar surface area (TPSA) is 58.9 Å². The molecular weight excluding hydrogens is 355 g/mol. The maximum Gasteiger partial charge on any atom is 0.150 e. The molecule has 0 unspecified atom stereocenters. The van der Waals surface area contributed by atoms with Crippen LogP contribution < -0.4 is 10.2 Å². The Hall–Kier alpha value is -3.32. The zero-order valence-corrected chi connectivity index (χ0v) is 15.2. The van der Waals surface area contributed by atoms with Gasteiger partial charge in [-0.25, -0.2) is 14.4 Å². The van der Waals surface area contributed by atoms with Gasteiger partial charge in [-0.1, -0.05) is 18.2 Å². The molecule has 0 bridgehead atoms. The lowest BCUT2D eigenvalue weighted by molar-refractivity contribution is 0.586. The van der Waals surface area contributed by atoms with Crippen LogP contribution in [0.15, 0.2) is 61.3 Å². The average molecular weight is 374 g/mol. The van der Waals surface area contributed by atoms with Crippen molar-refractivity contribution in [2.75, 3.05) is 31.1 Å². The number of hydrogen-bond donors (Lipinski definition) is 1. The van der Waals surface area contributed by atoms with Gasteiger partial charge in [-0.3, -0.25) is 9.55 Å². The molecule has 1 fully saturated rings. The van der Waals surface area contributed by atoms with Crippen molar-refractivity contribution in [1.82, 2.24) is 24.8 Å². The van der Waals surface area contributed by atoms with Crippen LogP contribution in [-0.2, 0) is 0 Å². The largest absolute Gasteiger partial charge is 0.353 e. The molecule has 0 atom stereocenters. The summed E-state index contributed by atoms with van der Waals surface area (Å²) < 4.78 is 16.7. The van der Waals surface area contributed by atoms with Crippen LogP contribution >= 0.6 is 0 Å². The van der Waals surface area contributed by atoms with E-state index in [1.165, 1.54) is 6.07 Å². The minimum absolute atomic E-state index is 0.261. The molecule has 0 radical (unpaired) electrons. The minimum Gasteiger partial charge on any atom is -0.353 e. The number of anilines is 1. The van der Waals surface area contributed by atoms with E-state index in [2.05, 4.69) is 25.2 Å². The third-order valence-electron chi connectivity index (χ3n) is 5.07. The van der Waals surface area contributed by atoms with Crippen molar-refractivity contribution in [3.05, 3.63) is 67.1 Å². The lowest BCUT2D eigenvalue weighted by atomic mass is 10.1.